The molecular formula is C13H25N3S. The van der Waals surface area contributed by atoms with Crippen molar-refractivity contribution in [3.05, 3.63) is 0 Å². The molecule has 0 aromatic heterocycles. The summed E-state index contributed by atoms with van der Waals surface area (Å²) in [4.78, 5) is 7.07. The summed E-state index contributed by atoms with van der Waals surface area (Å²) in [5, 5.41) is 5.39. The van der Waals surface area contributed by atoms with Crippen LogP contribution in [-0.4, -0.2) is 47.5 Å². The molecule has 0 bridgehead atoms. The Labute approximate surface area is 109 Å². The molecule has 1 fully saturated rings. The van der Waals surface area contributed by atoms with Gasteiger partial charge in [-0.25, -0.2) is 0 Å². The second-order valence-corrected chi connectivity index (χ2v) is 6.59. The third-order valence-corrected chi connectivity index (χ3v) is 4.91. The maximum Gasteiger partial charge on any atom is 0.156 e. The van der Waals surface area contributed by atoms with Gasteiger partial charge in [0.15, 0.2) is 5.17 Å². The number of hydrogen-bond acceptors (Lipinski definition) is 4. The minimum atomic E-state index is 0.607. The van der Waals surface area contributed by atoms with E-state index in [0.29, 0.717) is 6.04 Å². The standard InChI is InChI=1S/C13H25N3S/c1-4-5-12-9-15-13(17-12)14-8-10(2)16(3)11-6-7-11/h10-12H,4-9H2,1-3H3,(H,14,15). The molecule has 0 saturated heterocycles. The van der Waals surface area contributed by atoms with Crippen molar-refractivity contribution < 1.29 is 0 Å². The van der Waals surface area contributed by atoms with Crippen LogP contribution in [0.2, 0.25) is 0 Å². The molecule has 1 heterocycles. The lowest BCUT2D eigenvalue weighted by Gasteiger charge is -2.24. The number of rotatable bonds is 6. The first-order chi connectivity index (χ1) is 8.20. The highest BCUT2D eigenvalue weighted by molar-refractivity contribution is 8.14. The molecule has 4 heteroatoms. The Morgan fingerprint density at radius 2 is 2.29 bits per heavy atom. The monoisotopic (exact) mass is 255 g/mol. The minimum absolute atomic E-state index is 0.607. The van der Waals surface area contributed by atoms with Crippen LogP contribution in [0, 0.1) is 0 Å². The molecule has 2 aliphatic rings. The summed E-state index contributed by atoms with van der Waals surface area (Å²) >= 11 is 1.93. The molecule has 98 valence electrons. The Morgan fingerprint density at radius 3 is 2.94 bits per heavy atom. The third kappa shape index (κ3) is 3.88. The van der Waals surface area contributed by atoms with E-state index < -0.39 is 0 Å². The summed E-state index contributed by atoms with van der Waals surface area (Å²) in [7, 11) is 2.24. The van der Waals surface area contributed by atoms with Crippen molar-refractivity contribution in [2.45, 2.75) is 56.9 Å². The number of likely N-dealkylation sites (N-methyl/N-ethyl adjacent to an activating group) is 1. The van der Waals surface area contributed by atoms with Crippen molar-refractivity contribution in [3.63, 3.8) is 0 Å². The molecule has 3 nitrogen and oxygen atoms in total. The molecule has 1 saturated carbocycles. The highest BCUT2D eigenvalue weighted by Gasteiger charge is 2.29. The molecule has 0 aromatic carbocycles. The van der Waals surface area contributed by atoms with E-state index >= 15 is 0 Å². The van der Waals surface area contributed by atoms with E-state index in [0.717, 1.165) is 24.4 Å². The zero-order valence-corrected chi connectivity index (χ0v) is 12.1. The summed E-state index contributed by atoms with van der Waals surface area (Å²) in [6.07, 6.45) is 5.32. The van der Waals surface area contributed by atoms with Crippen molar-refractivity contribution in [2.75, 3.05) is 20.1 Å². The average molecular weight is 255 g/mol. The van der Waals surface area contributed by atoms with Crippen LogP contribution in [-0.2, 0) is 0 Å². The summed E-state index contributed by atoms with van der Waals surface area (Å²) in [5.41, 5.74) is 0. The van der Waals surface area contributed by atoms with Crippen LogP contribution in [0.15, 0.2) is 4.99 Å². The first-order valence-electron chi connectivity index (χ1n) is 6.87. The average Bonchev–Trinajstić information content (AvgIpc) is 3.08. The zero-order chi connectivity index (χ0) is 12.3. The van der Waals surface area contributed by atoms with Gasteiger partial charge in [0.05, 0.1) is 6.54 Å². The number of aliphatic imine (C=N–C) groups is 1. The Balaban J connectivity index is 1.65. The van der Waals surface area contributed by atoms with Gasteiger partial charge >= 0.3 is 0 Å². The van der Waals surface area contributed by atoms with Crippen LogP contribution >= 0.6 is 11.8 Å². The van der Waals surface area contributed by atoms with E-state index in [1.807, 2.05) is 11.8 Å². The van der Waals surface area contributed by atoms with Gasteiger partial charge in [0.2, 0.25) is 0 Å². The molecule has 2 unspecified atom stereocenters. The quantitative estimate of drug-likeness (QED) is 0.789. The number of amidine groups is 1. The van der Waals surface area contributed by atoms with E-state index in [-0.39, 0.29) is 0 Å². The number of thioether (sulfide) groups is 1. The first kappa shape index (κ1) is 13.2. The molecule has 1 aliphatic heterocycles. The van der Waals surface area contributed by atoms with Gasteiger partial charge in [-0.05, 0) is 33.2 Å². The van der Waals surface area contributed by atoms with Crippen LogP contribution in [0.1, 0.15) is 39.5 Å². The first-order valence-corrected chi connectivity index (χ1v) is 7.75. The summed E-state index contributed by atoms with van der Waals surface area (Å²) in [6, 6.07) is 1.45. The maximum atomic E-state index is 4.58. The van der Waals surface area contributed by atoms with Crippen molar-refractivity contribution >= 4 is 16.9 Å². The molecule has 0 amide bonds. The highest BCUT2D eigenvalue weighted by atomic mass is 32.2. The smallest absolute Gasteiger partial charge is 0.156 e. The fourth-order valence-electron chi connectivity index (χ4n) is 2.21. The van der Waals surface area contributed by atoms with E-state index in [1.165, 1.54) is 30.9 Å². The summed E-state index contributed by atoms with van der Waals surface area (Å²) in [5.74, 6) is 0. The lowest BCUT2D eigenvalue weighted by molar-refractivity contribution is 0.248. The zero-order valence-electron chi connectivity index (χ0n) is 11.3. The Bertz CT molecular complexity index is 276. The lowest BCUT2D eigenvalue weighted by Crippen LogP contribution is -2.40. The van der Waals surface area contributed by atoms with Crippen molar-refractivity contribution in [1.82, 2.24) is 10.2 Å². The molecule has 2 atom stereocenters. The molecule has 0 aromatic rings. The number of nitrogens with one attached hydrogen (secondary N) is 1. The number of hydrogen-bond donors (Lipinski definition) is 1. The van der Waals surface area contributed by atoms with Gasteiger partial charge in [-0.1, -0.05) is 25.1 Å². The summed E-state index contributed by atoms with van der Waals surface area (Å²) in [6.45, 7) is 6.58. The SMILES string of the molecule is CCCC1CN=C(NCC(C)N(C)C2CC2)S1. The highest BCUT2D eigenvalue weighted by Crippen LogP contribution is 2.27. The molecule has 0 radical (unpaired) electrons. The Kier molecular flexibility index (Phi) is 4.74. The van der Waals surface area contributed by atoms with Gasteiger partial charge in [-0.15, -0.1) is 0 Å². The van der Waals surface area contributed by atoms with Crippen molar-refractivity contribution in [2.24, 2.45) is 4.99 Å². The predicted octanol–water partition coefficient (Wildman–Crippen LogP) is 2.33. The Morgan fingerprint density at radius 1 is 1.53 bits per heavy atom. The van der Waals surface area contributed by atoms with Gasteiger partial charge < -0.3 is 5.32 Å². The van der Waals surface area contributed by atoms with Gasteiger partial charge in [0.25, 0.3) is 0 Å². The molecule has 17 heavy (non-hydrogen) atoms. The second-order valence-electron chi connectivity index (χ2n) is 5.30. The largest absolute Gasteiger partial charge is 0.363 e. The fourth-order valence-corrected chi connectivity index (χ4v) is 3.34. The maximum absolute atomic E-state index is 4.58. The van der Waals surface area contributed by atoms with Crippen LogP contribution < -0.4 is 5.32 Å². The van der Waals surface area contributed by atoms with Gasteiger partial charge in [-0.3, -0.25) is 9.89 Å². The second kappa shape index (κ2) is 6.10. The molecular weight excluding hydrogens is 230 g/mol. The lowest BCUT2D eigenvalue weighted by atomic mass is 10.2. The van der Waals surface area contributed by atoms with E-state index in [2.05, 4.69) is 36.1 Å². The topological polar surface area (TPSA) is 27.6 Å². The van der Waals surface area contributed by atoms with Gasteiger partial charge in [-0.2, -0.15) is 0 Å². The Hall–Kier alpha value is -0.220. The summed E-state index contributed by atoms with van der Waals surface area (Å²) < 4.78 is 0. The predicted molar refractivity (Wildman–Crippen MR) is 76.8 cm³/mol. The van der Waals surface area contributed by atoms with Crippen molar-refractivity contribution in [3.8, 4) is 0 Å². The molecule has 0 spiro atoms. The normalized spacial score (nSPS) is 26.1. The van der Waals surface area contributed by atoms with Crippen LogP contribution in [0.4, 0.5) is 0 Å². The van der Waals surface area contributed by atoms with E-state index in [1.54, 1.807) is 0 Å². The fraction of sp³-hybridized carbons (Fsp3) is 0.923. The number of nitrogens with zero attached hydrogens (tertiary/aromatic N) is 2. The molecule has 2 rings (SSSR count). The van der Waals surface area contributed by atoms with E-state index in [9.17, 15) is 0 Å². The van der Waals surface area contributed by atoms with Gasteiger partial charge in [0, 0.05) is 23.9 Å². The third-order valence-electron chi connectivity index (χ3n) is 3.69. The molecule has 1 N–H and O–H groups in total. The van der Waals surface area contributed by atoms with Crippen LogP contribution in [0.3, 0.4) is 0 Å². The van der Waals surface area contributed by atoms with E-state index in [4.69, 9.17) is 0 Å². The van der Waals surface area contributed by atoms with Crippen molar-refractivity contribution in [1.29, 1.82) is 0 Å². The molecule has 1 aliphatic carbocycles. The van der Waals surface area contributed by atoms with Crippen LogP contribution in [0.25, 0.3) is 0 Å². The van der Waals surface area contributed by atoms with Crippen LogP contribution in [0.5, 0.6) is 0 Å². The van der Waals surface area contributed by atoms with Gasteiger partial charge in [0.1, 0.15) is 0 Å². The minimum Gasteiger partial charge on any atom is -0.363 e.